The lowest BCUT2D eigenvalue weighted by Gasteiger charge is -2.10. The number of halogens is 2. The Labute approximate surface area is 136 Å². The highest BCUT2D eigenvalue weighted by Crippen LogP contribution is 2.27. The van der Waals surface area contributed by atoms with Crippen LogP contribution in [0.3, 0.4) is 0 Å². The molecule has 0 saturated carbocycles. The highest BCUT2D eigenvalue weighted by atomic mass is 19.1. The maximum Gasteiger partial charge on any atom is 0.323 e. The SMILES string of the molecule is Cn1ncc(NC(=O)Nc2c(F)cccc2F)c1-c1ccccc1. The van der Waals surface area contributed by atoms with E-state index in [0.717, 1.165) is 17.7 Å². The molecule has 5 nitrogen and oxygen atoms in total. The van der Waals surface area contributed by atoms with Gasteiger partial charge in [-0.1, -0.05) is 36.4 Å². The molecule has 0 atom stereocenters. The number of hydrogen-bond acceptors (Lipinski definition) is 2. The van der Waals surface area contributed by atoms with Crippen molar-refractivity contribution in [3.05, 3.63) is 66.4 Å². The Hall–Kier alpha value is -3.22. The van der Waals surface area contributed by atoms with Crippen LogP contribution < -0.4 is 10.6 Å². The number of carbonyl (C=O) groups excluding carboxylic acids is 1. The normalized spacial score (nSPS) is 10.5. The van der Waals surface area contributed by atoms with E-state index in [4.69, 9.17) is 0 Å². The predicted molar refractivity (Wildman–Crippen MR) is 87.6 cm³/mol. The molecule has 0 fully saturated rings. The van der Waals surface area contributed by atoms with Crippen molar-refractivity contribution in [1.82, 2.24) is 9.78 Å². The lowest BCUT2D eigenvalue weighted by Crippen LogP contribution is -2.21. The Bertz CT molecular complexity index is 857. The number of urea groups is 1. The highest BCUT2D eigenvalue weighted by molar-refractivity contribution is 6.02. The van der Waals surface area contributed by atoms with Gasteiger partial charge < -0.3 is 10.6 Å². The molecule has 0 saturated heterocycles. The number of aromatic nitrogens is 2. The van der Waals surface area contributed by atoms with Crippen LogP contribution in [0.2, 0.25) is 0 Å². The van der Waals surface area contributed by atoms with E-state index in [9.17, 15) is 13.6 Å². The molecule has 0 spiro atoms. The standard InChI is InChI=1S/C17H14F2N4O/c1-23-16(11-6-3-2-4-7-11)14(10-20-23)21-17(24)22-15-12(18)8-5-9-13(15)19/h2-10H,1H3,(H2,21,22,24). The van der Waals surface area contributed by atoms with Crippen LogP contribution in [0.5, 0.6) is 0 Å². The maximum atomic E-state index is 13.6. The molecule has 0 aliphatic rings. The molecule has 0 radical (unpaired) electrons. The van der Waals surface area contributed by atoms with Gasteiger partial charge in [0.2, 0.25) is 0 Å². The van der Waals surface area contributed by atoms with Gasteiger partial charge in [-0.2, -0.15) is 5.10 Å². The van der Waals surface area contributed by atoms with Crippen molar-refractivity contribution in [2.75, 3.05) is 10.6 Å². The predicted octanol–water partition coefficient (Wildman–Crippen LogP) is 4.01. The molecule has 1 aromatic heterocycles. The first-order valence-corrected chi connectivity index (χ1v) is 7.15. The molecule has 1 heterocycles. The van der Waals surface area contributed by atoms with Gasteiger partial charge in [0.05, 0.1) is 17.6 Å². The summed E-state index contributed by atoms with van der Waals surface area (Å²) in [5.41, 5.74) is 1.46. The Balaban J connectivity index is 1.84. The average Bonchev–Trinajstić information content (AvgIpc) is 2.92. The van der Waals surface area contributed by atoms with E-state index < -0.39 is 23.4 Å². The lowest BCUT2D eigenvalue weighted by atomic mass is 10.1. The van der Waals surface area contributed by atoms with Gasteiger partial charge in [-0.05, 0) is 12.1 Å². The Morgan fingerprint density at radius 2 is 1.67 bits per heavy atom. The van der Waals surface area contributed by atoms with Gasteiger partial charge in [-0.15, -0.1) is 0 Å². The number of nitrogens with zero attached hydrogens (tertiary/aromatic N) is 2. The molecule has 2 N–H and O–H groups in total. The Kier molecular flexibility index (Phi) is 4.24. The van der Waals surface area contributed by atoms with Gasteiger partial charge in [0.1, 0.15) is 17.3 Å². The van der Waals surface area contributed by atoms with E-state index in [1.54, 1.807) is 11.7 Å². The maximum absolute atomic E-state index is 13.6. The zero-order valence-corrected chi connectivity index (χ0v) is 12.8. The third-order valence-corrected chi connectivity index (χ3v) is 3.44. The van der Waals surface area contributed by atoms with Gasteiger partial charge in [0.25, 0.3) is 0 Å². The molecule has 7 heteroatoms. The number of para-hydroxylation sites is 1. The molecule has 2 aromatic carbocycles. The van der Waals surface area contributed by atoms with Crippen LogP contribution in [0.1, 0.15) is 0 Å². The smallest absolute Gasteiger partial charge is 0.304 e. The fourth-order valence-corrected chi connectivity index (χ4v) is 2.35. The molecule has 0 aliphatic heterocycles. The summed E-state index contributed by atoms with van der Waals surface area (Å²) in [7, 11) is 1.74. The van der Waals surface area contributed by atoms with Crippen LogP contribution in [0.4, 0.5) is 25.0 Å². The number of hydrogen-bond donors (Lipinski definition) is 2. The van der Waals surface area contributed by atoms with Crippen molar-refractivity contribution < 1.29 is 13.6 Å². The summed E-state index contributed by atoms with van der Waals surface area (Å²) in [6.45, 7) is 0. The number of nitrogens with one attached hydrogen (secondary N) is 2. The molecular weight excluding hydrogens is 314 g/mol. The first-order valence-electron chi connectivity index (χ1n) is 7.15. The van der Waals surface area contributed by atoms with Crippen LogP contribution in [0.15, 0.2) is 54.7 Å². The minimum absolute atomic E-state index is 0.429. The third-order valence-electron chi connectivity index (χ3n) is 3.44. The zero-order chi connectivity index (χ0) is 17.1. The topological polar surface area (TPSA) is 59.0 Å². The van der Waals surface area contributed by atoms with Crippen molar-refractivity contribution >= 4 is 17.4 Å². The second kappa shape index (κ2) is 6.49. The minimum Gasteiger partial charge on any atom is -0.304 e. The number of benzene rings is 2. The van der Waals surface area contributed by atoms with Gasteiger partial charge >= 0.3 is 6.03 Å². The summed E-state index contributed by atoms with van der Waals surface area (Å²) in [5, 5.41) is 8.86. The van der Waals surface area contributed by atoms with Crippen LogP contribution in [0, 0.1) is 11.6 Å². The van der Waals surface area contributed by atoms with Crippen LogP contribution >= 0.6 is 0 Å². The fraction of sp³-hybridized carbons (Fsp3) is 0.0588. The average molecular weight is 328 g/mol. The molecule has 3 rings (SSSR count). The van der Waals surface area contributed by atoms with Crippen molar-refractivity contribution in [3.63, 3.8) is 0 Å². The number of anilines is 2. The second-order valence-corrected chi connectivity index (χ2v) is 5.07. The van der Waals surface area contributed by atoms with Gasteiger partial charge in [-0.25, -0.2) is 13.6 Å². The van der Waals surface area contributed by atoms with Gasteiger partial charge in [0, 0.05) is 12.6 Å². The van der Waals surface area contributed by atoms with Crippen LogP contribution in [-0.4, -0.2) is 15.8 Å². The van der Waals surface area contributed by atoms with E-state index in [2.05, 4.69) is 15.7 Å². The summed E-state index contributed by atoms with van der Waals surface area (Å²) in [4.78, 5) is 12.1. The quantitative estimate of drug-likeness (QED) is 0.763. The molecule has 2 amide bonds. The van der Waals surface area contributed by atoms with E-state index in [0.29, 0.717) is 11.4 Å². The molecule has 3 aromatic rings. The monoisotopic (exact) mass is 328 g/mol. The Morgan fingerprint density at radius 1 is 1.00 bits per heavy atom. The summed E-state index contributed by atoms with van der Waals surface area (Å²) in [6, 6.07) is 11.9. The van der Waals surface area contributed by atoms with E-state index in [-0.39, 0.29) is 0 Å². The molecule has 0 aliphatic carbocycles. The number of aryl methyl sites for hydroxylation is 1. The lowest BCUT2D eigenvalue weighted by molar-refractivity contribution is 0.262. The summed E-state index contributed by atoms with van der Waals surface area (Å²) < 4.78 is 28.8. The van der Waals surface area contributed by atoms with Crippen molar-refractivity contribution in [1.29, 1.82) is 0 Å². The molecule has 122 valence electrons. The summed E-state index contributed by atoms with van der Waals surface area (Å²) >= 11 is 0. The number of rotatable bonds is 3. The van der Waals surface area contributed by atoms with Gasteiger partial charge in [0.15, 0.2) is 0 Å². The minimum atomic E-state index is -0.848. The molecular formula is C17H14F2N4O. The first-order chi connectivity index (χ1) is 11.6. The van der Waals surface area contributed by atoms with Crippen LogP contribution in [0.25, 0.3) is 11.3 Å². The molecule has 24 heavy (non-hydrogen) atoms. The molecule has 0 unspecified atom stereocenters. The zero-order valence-electron chi connectivity index (χ0n) is 12.8. The van der Waals surface area contributed by atoms with Crippen molar-refractivity contribution in [2.24, 2.45) is 7.05 Å². The summed E-state index contributed by atoms with van der Waals surface area (Å²) in [5.74, 6) is -1.70. The summed E-state index contributed by atoms with van der Waals surface area (Å²) in [6.07, 6.45) is 1.47. The van der Waals surface area contributed by atoms with E-state index in [1.807, 2.05) is 30.3 Å². The highest BCUT2D eigenvalue weighted by Gasteiger charge is 2.16. The first kappa shape index (κ1) is 15.7. The largest absolute Gasteiger partial charge is 0.323 e. The second-order valence-electron chi connectivity index (χ2n) is 5.07. The van der Waals surface area contributed by atoms with E-state index >= 15 is 0 Å². The third kappa shape index (κ3) is 3.10. The van der Waals surface area contributed by atoms with Crippen molar-refractivity contribution in [2.45, 2.75) is 0 Å². The molecule has 0 bridgehead atoms. The number of amides is 2. The van der Waals surface area contributed by atoms with E-state index in [1.165, 1.54) is 12.3 Å². The van der Waals surface area contributed by atoms with Gasteiger partial charge in [-0.3, -0.25) is 4.68 Å². The fourth-order valence-electron chi connectivity index (χ4n) is 2.35. The van der Waals surface area contributed by atoms with Crippen LogP contribution in [-0.2, 0) is 7.05 Å². The van der Waals surface area contributed by atoms with Crippen molar-refractivity contribution in [3.8, 4) is 11.3 Å². The number of carbonyl (C=O) groups is 1. The Morgan fingerprint density at radius 3 is 2.33 bits per heavy atom.